The summed E-state index contributed by atoms with van der Waals surface area (Å²) in [7, 11) is 0. The molecule has 1 N–H and O–H groups in total. The van der Waals surface area contributed by atoms with Gasteiger partial charge >= 0.3 is 5.63 Å². The van der Waals surface area contributed by atoms with Gasteiger partial charge in [-0.2, -0.15) is 0 Å². The summed E-state index contributed by atoms with van der Waals surface area (Å²) in [4.78, 5) is 11.8. The van der Waals surface area contributed by atoms with E-state index in [4.69, 9.17) is 16.0 Å². The van der Waals surface area contributed by atoms with Gasteiger partial charge in [0.25, 0.3) is 0 Å². The molecule has 2 heterocycles. The number of aromatic hydroxyl groups is 1. The summed E-state index contributed by atoms with van der Waals surface area (Å²) in [6.45, 7) is 1.94. The number of benzene rings is 2. The summed E-state index contributed by atoms with van der Waals surface area (Å²) in [5.41, 5.74) is 2.54. The molecule has 0 amide bonds. The van der Waals surface area contributed by atoms with Crippen LogP contribution in [0.2, 0.25) is 5.02 Å². The Balaban J connectivity index is 1.66. The topological polar surface area (TPSA) is 81.2 Å². The van der Waals surface area contributed by atoms with Gasteiger partial charge in [-0.1, -0.05) is 29.4 Å². The van der Waals surface area contributed by atoms with Crippen molar-refractivity contribution >= 4 is 34.3 Å². The van der Waals surface area contributed by atoms with Gasteiger partial charge in [0.15, 0.2) is 5.16 Å². The third-order valence-corrected chi connectivity index (χ3v) is 5.52. The molecule has 4 aromatic rings. The number of phenols is 1. The van der Waals surface area contributed by atoms with Crippen LogP contribution in [0.25, 0.3) is 16.7 Å². The molecule has 27 heavy (non-hydrogen) atoms. The molecule has 6 nitrogen and oxygen atoms in total. The maximum atomic E-state index is 11.8. The van der Waals surface area contributed by atoms with Crippen molar-refractivity contribution < 1.29 is 9.52 Å². The maximum absolute atomic E-state index is 11.8. The summed E-state index contributed by atoms with van der Waals surface area (Å²) in [5.74, 6) is 0.539. The summed E-state index contributed by atoms with van der Waals surface area (Å²) in [5, 5.41) is 19.9. The fourth-order valence-electron chi connectivity index (χ4n) is 2.71. The molecule has 0 bridgehead atoms. The van der Waals surface area contributed by atoms with Gasteiger partial charge in [-0.05, 0) is 42.3 Å². The summed E-state index contributed by atoms with van der Waals surface area (Å²) in [6.07, 6.45) is 1.62. The number of phenolic OH excluding ortho intramolecular Hbond substituents is 1. The van der Waals surface area contributed by atoms with E-state index in [0.717, 1.165) is 22.2 Å². The second-order valence-corrected chi connectivity index (χ2v) is 7.33. The minimum absolute atomic E-state index is 0.0476. The molecule has 0 atom stereocenters. The standard InChI is InChI=1S/C19H14ClN3O3S/c1-11-2-3-13(7-16(11)20)23-10-21-22-19(23)27-9-12-6-18(25)26-17-8-14(24)4-5-15(12)17/h2-8,10,24H,9H2,1H3. The third kappa shape index (κ3) is 3.56. The van der Waals surface area contributed by atoms with Crippen molar-refractivity contribution in [2.45, 2.75) is 17.8 Å². The lowest BCUT2D eigenvalue weighted by atomic mass is 10.1. The van der Waals surface area contributed by atoms with E-state index < -0.39 is 5.63 Å². The highest BCUT2D eigenvalue weighted by Crippen LogP contribution is 2.29. The monoisotopic (exact) mass is 399 g/mol. The summed E-state index contributed by atoms with van der Waals surface area (Å²) in [6, 6.07) is 11.9. The molecule has 0 fully saturated rings. The Morgan fingerprint density at radius 1 is 1.22 bits per heavy atom. The van der Waals surface area contributed by atoms with Crippen molar-refractivity contribution in [3.05, 3.63) is 75.4 Å². The lowest BCUT2D eigenvalue weighted by Crippen LogP contribution is -2.01. The zero-order valence-corrected chi connectivity index (χ0v) is 15.8. The number of rotatable bonds is 4. The van der Waals surface area contributed by atoms with Crippen LogP contribution in [0.5, 0.6) is 5.75 Å². The molecule has 0 saturated heterocycles. The van der Waals surface area contributed by atoms with Crippen LogP contribution in [0.15, 0.2) is 63.2 Å². The Bertz CT molecular complexity index is 1200. The first-order valence-electron chi connectivity index (χ1n) is 8.06. The van der Waals surface area contributed by atoms with E-state index in [1.165, 1.54) is 23.9 Å². The molecule has 0 aliphatic carbocycles. The lowest BCUT2D eigenvalue weighted by Gasteiger charge is -2.09. The van der Waals surface area contributed by atoms with Crippen molar-refractivity contribution in [1.82, 2.24) is 14.8 Å². The molecule has 136 valence electrons. The van der Waals surface area contributed by atoms with Gasteiger partial charge in [0.05, 0.1) is 5.69 Å². The van der Waals surface area contributed by atoms with Gasteiger partial charge in [0.1, 0.15) is 17.7 Å². The van der Waals surface area contributed by atoms with Crippen molar-refractivity contribution in [1.29, 1.82) is 0 Å². The Morgan fingerprint density at radius 2 is 2.07 bits per heavy atom. The first-order chi connectivity index (χ1) is 13.0. The number of hydrogen-bond donors (Lipinski definition) is 1. The summed E-state index contributed by atoms with van der Waals surface area (Å²) >= 11 is 7.67. The third-order valence-electron chi connectivity index (χ3n) is 4.12. The smallest absolute Gasteiger partial charge is 0.336 e. The number of fused-ring (bicyclic) bond motifs is 1. The SMILES string of the molecule is Cc1ccc(-n2cnnc2SCc2cc(=O)oc3cc(O)ccc23)cc1Cl. The molecule has 0 radical (unpaired) electrons. The largest absolute Gasteiger partial charge is 0.508 e. The Labute approximate surface area is 163 Å². The number of halogens is 1. The number of thioether (sulfide) groups is 1. The zero-order chi connectivity index (χ0) is 19.0. The predicted molar refractivity (Wildman–Crippen MR) is 105 cm³/mol. The van der Waals surface area contributed by atoms with Gasteiger partial charge in [0.2, 0.25) is 0 Å². The van der Waals surface area contributed by atoms with Gasteiger partial charge in [-0.3, -0.25) is 4.57 Å². The second-order valence-electron chi connectivity index (χ2n) is 5.98. The van der Waals surface area contributed by atoms with Crippen LogP contribution in [0.4, 0.5) is 0 Å². The van der Waals surface area contributed by atoms with Crippen molar-refractivity contribution in [2.75, 3.05) is 0 Å². The first kappa shape index (κ1) is 17.6. The van der Waals surface area contributed by atoms with E-state index in [-0.39, 0.29) is 5.75 Å². The molecule has 0 aliphatic rings. The van der Waals surface area contributed by atoms with E-state index in [1.54, 1.807) is 18.5 Å². The average Bonchev–Trinajstić information content (AvgIpc) is 3.10. The Hall–Kier alpha value is -2.77. The van der Waals surface area contributed by atoms with Crippen LogP contribution in [0.1, 0.15) is 11.1 Å². The van der Waals surface area contributed by atoms with Crippen LogP contribution in [-0.4, -0.2) is 19.9 Å². The number of hydrogen-bond acceptors (Lipinski definition) is 6. The maximum Gasteiger partial charge on any atom is 0.336 e. The molecule has 0 unspecified atom stereocenters. The van der Waals surface area contributed by atoms with E-state index in [1.807, 2.05) is 29.7 Å². The van der Waals surface area contributed by atoms with Crippen LogP contribution >= 0.6 is 23.4 Å². The van der Waals surface area contributed by atoms with E-state index >= 15 is 0 Å². The molecular weight excluding hydrogens is 386 g/mol. The number of nitrogens with zero attached hydrogens (tertiary/aromatic N) is 3. The highest BCUT2D eigenvalue weighted by Gasteiger charge is 2.12. The van der Waals surface area contributed by atoms with E-state index in [9.17, 15) is 9.90 Å². The first-order valence-corrected chi connectivity index (χ1v) is 9.43. The van der Waals surface area contributed by atoms with Crippen molar-refractivity contribution in [2.24, 2.45) is 0 Å². The molecule has 2 aromatic carbocycles. The summed E-state index contributed by atoms with van der Waals surface area (Å²) < 4.78 is 7.01. The van der Waals surface area contributed by atoms with Crippen LogP contribution in [0, 0.1) is 6.92 Å². The van der Waals surface area contributed by atoms with Crippen molar-refractivity contribution in [3.8, 4) is 11.4 Å². The average molecular weight is 400 g/mol. The van der Waals surface area contributed by atoms with Crippen LogP contribution in [-0.2, 0) is 5.75 Å². The van der Waals surface area contributed by atoms with Crippen LogP contribution < -0.4 is 5.63 Å². The number of aromatic nitrogens is 3. The molecule has 0 aliphatic heterocycles. The molecule has 4 rings (SSSR count). The van der Waals surface area contributed by atoms with Gasteiger partial charge < -0.3 is 9.52 Å². The highest BCUT2D eigenvalue weighted by molar-refractivity contribution is 7.98. The lowest BCUT2D eigenvalue weighted by molar-refractivity contribution is 0.473. The molecule has 8 heteroatoms. The predicted octanol–water partition coefficient (Wildman–Crippen LogP) is 4.33. The molecule has 0 saturated carbocycles. The van der Waals surface area contributed by atoms with Crippen molar-refractivity contribution in [3.63, 3.8) is 0 Å². The highest BCUT2D eigenvalue weighted by atomic mass is 35.5. The zero-order valence-electron chi connectivity index (χ0n) is 14.2. The van der Waals surface area contributed by atoms with E-state index in [0.29, 0.717) is 21.5 Å². The van der Waals surface area contributed by atoms with Crippen LogP contribution in [0.3, 0.4) is 0 Å². The Morgan fingerprint density at radius 3 is 2.89 bits per heavy atom. The normalized spacial score (nSPS) is 11.2. The van der Waals surface area contributed by atoms with Gasteiger partial charge in [-0.25, -0.2) is 4.79 Å². The van der Waals surface area contributed by atoms with Gasteiger partial charge in [-0.15, -0.1) is 10.2 Å². The molecular formula is C19H14ClN3O3S. The quantitative estimate of drug-likeness (QED) is 0.406. The second kappa shape index (κ2) is 7.09. The molecule has 2 aromatic heterocycles. The molecule has 0 spiro atoms. The fraction of sp³-hybridized carbons (Fsp3) is 0.105. The Kier molecular flexibility index (Phi) is 4.63. The number of aryl methyl sites for hydroxylation is 1. The minimum Gasteiger partial charge on any atom is -0.508 e. The minimum atomic E-state index is -0.463. The van der Waals surface area contributed by atoms with E-state index in [2.05, 4.69) is 10.2 Å². The van der Waals surface area contributed by atoms with Gasteiger partial charge in [0, 0.05) is 28.3 Å². The fourth-order valence-corrected chi connectivity index (χ4v) is 3.81.